The third kappa shape index (κ3) is 6.26. The second-order valence-electron chi connectivity index (χ2n) is 9.61. The zero-order valence-corrected chi connectivity index (χ0v) is 21.7. The summed E-state index contributed by atoms with van der Waals surface area (Å²) in [5.74, 6) is 2.75. The third-order valence-electron chi connectivity index (χ3n) is 5.90. The first-order valence-corrected chi connectivity index (χ1v) is 12.3. The van der Waals surface area contributed by atoms with Gasteiger partial charge < -0.3 is 24.8 Å². The van der Waals surface area contributed by atoms with E-state index in [2.05, 4.69) is 67.6 Å². The summed E-state index contributed by atoms with van der Waals surface area (Å²) in [7, 11) is 1.64. The first kappa shape index (κ1) is 25.3. The lowest BCUT2D eigenvalue weighted by Gasteiger charge is -2.19. The molecule has 0 radical (unpaired) electrons. The van der Waals surface area contributed by atoms with Crippen molar-refractivity contribution < 1.29 is 14.2 Å². The van der Waals surface area contributed by atoms with Crippen molar-refractivity contribution in [2.24, 2.45) is 0 Å². The fourth-order valence-electron chi connectivity index (χ4n) is 3.85. The van der Waals surface area contributed by atoms with E-state index in [9.17, 15) is 0 Å². The Kier molecular flexibility index (Phi) is 7.96. The van der Waals surface area contributed by atoms with E-state index in [0.29, 0.717) is 23.9 Å². The number of rotatable bonds is 10. The Morgan fingerprint density at radius 2 is 1.53 bits per heavy atom. The van der Waals surface area contributed by atoms with E-state index in [-0.39, 0.29) is 5.41 Å². The van der Waals surface area contributed by atoms with Crippen molar-refractivity contribution in [1.29, 1.82) is 0 Å². The van der Waals surface area contributed by atoms with Gasteiger partial charge in [-0.1, -0.05) is 39.8 Å². The van der Waals surface area contributed by atoms with Crippen LogP contribution >= 0.6 is 0 Å². The van der Waals surface area contributed by atoms with Crippen LogP contribution in [0.2, 0.25) is 0 Å². The first-order chi connectivity index (χ1) is 17.4. The van der Waals surface area contributed by atoms with Crippen molar-refractivity contribution in [1.82, 2.24) is 10.3 Å². The highest BCUT2D eigenvalue weighted by molar-refractivity contribution is 5.88. The van der Waals surface area contributed by atoms with E-state index in [4.69, 9.17) is 14.2 Å². The molecule has 3 aromatic carbocycles. The Bertz CT molecular complexity index is 1280. The van der Waals surface area contributed by atoms with Gasteiger partial charge in [0.2, 0.25) is 0 Å². The van der Waals surface area contributed by atoms with Crippen LogP contribution in [0, 0.1) is 0 Å². The molecule has 2 N–H and O–H groups in total. The van der Waals surface area contributed by atoms with Gasteiger partial charge in [-0.05, 0) is 66.1 Å². The van der Waals surface area contributed by atoms with Crippen LogP contribution in [-0.2, 0) is 5.41 Å². The molecule has 36 heavy (non-hydrogen) atoms. The molecule has 0 aliphatic rings. The molecule has 188 valence electrons. The second-order valence-corrected chi connectivity index (χ2v) is 9.61. The highest BCUT2D eigenvalue weighted by Gasteiger charge is 2.14. The van der Waals surface area contributed by atoms with Gasteiger partial charge in [-0.3, -0.25) is 4.98 Å². The smallest absolute Gasteiger partial charge is 0.163 e. The summed E-state index contributed by atoms with van der Waals surface area (Å²) >= 11 is 0. The molecule has 0 fully saturated rings. The molecule has 6 heteroatoms. The first-order valence-electron chi connectivity index (χ1n) is 12.3. The van der Waals surface area contributed by atoms with Crippen LogP contribution in [0.25, 0.3) is 10.9 Å². The summed E-state index contributed by atoms with van der Waals surface area (Å²) in [4.78, 5) is 4.50. The van der Waals surface area contributed by atoms with Crippen LogP contribution in [0.1, 0.15) is 33.3 Å². The Balaban J connectivity index is 1.48. The number of nitrogens with zero attached hydrogens (tertiary/aromatic N) is 1. The molecule has 0 spiro atoms. The molecule has 0 saturated heterocycles. The second kappa shape index (κ2) is 11.3. The van der Waals surface area contributed by atoms with E-state index < -0.39 is 0 Å². The fraction of sp³-hybridized carbons (Fsp3) is 0.300. The molecule has 0 atom stereocenters. The quantitative estimate of drug-likeness (QED) is 0.234. The SMILES string of the molecule is CCNCCOc1cc2nccc(Oc3ccc(Nc4ccc(C(C)(C)C)cc4)cc3)c2cc1OC. The molecule has 0 amide bonds. The molecular formula is C30H35N3O3. The maximum Gasteiger partial charge on any atom is 0.163 e. The van der Waals surface area contributed by atoms with E-state index in [1.807, 2.05) is 42.5 Å². The number of anilines is 2. The Morgan fingerprint density at radius 3 is 2.17 bits per heavy atom. The lowest BCUT2D eigenvalue weighted by atomic mass is 9.87. The predicted molar refractivity (Wildman–Crippen MR) is 147 cm³/mol. The van der Waals surface area contributed by atoms with Crippen LogP contribution in [0.4, 0.5) is 11.4 Å². The molecule has 1 heterocycles. The van der Waals surface area contributed by atoms with Gasteiger partial charge in [0, 0.05) is 35.6 Å². The van der Waals surface area contributed by atoms with Crippen LogP contribution < -0.4 is 24.8 Å². The van der Waals surface area contributed by atoms with Gasteiger partial charge in [0.05, 0.1) is 12.6 Å². The predicted octanol–water partition coefficient (Wildman–Crippen LogP) is 7.07. The summed E-state index contributed by atoms with van der Waals surface area (Å²) in [6.07, 6.45) is 1.74. The van der Waals surface area contributed by atoms with Gasteiger partial charge in [0.15, 0.2) is 11.5 Å². The maximum absolute atomic E-state index is 6.23. The van der Waals surface area contributed by atoms with Crippen LogP contribution in [0.15, 0.2) is 72.9 Å². The van der Waals surface area contributed by atoms with Gasteiger partial charge in [0.25, 0.3) is 0 Å². The van der Waals surface area contributed by atoms with Gasteiger partial charge in [-0.15, -0.1) is 0 Å². The Morgan fingerprint density at radius 1 is 0.833 bits per heavy atom. The number of hydrogen-bond donors (Lipinski definition) is 2. The summed E-state index contributed by atoms with van der Waals surface area (Å²) in [5, 5.41) is 7.55. The number of hydrogen-bond acceptors (Lipinski definition) is 6. The minimum absolute atomic E-state index is 0.138. The molecule has 4 rings (SSSR count). The number of methoxy groups -OCH3 is 1. The van der Waals surface area contributed by atoms with Crippen molar-refractivity contribution >= 4 is 22.3 Å². The van der Waals surface area contributed by atoms with Gasteiger partial charge >= 0.3 is 0 Å². The summed E-state index contributed by atoms with van der Waals surface area (Å²) in [6.45, 7) is 10.9. The van der Waals surface area contributed by atoms with E-state index >= 15 is 0 Å². The lowest BCUT2D eigenvalue weighted by Crippen LogP contribution is -2.20. The molecule has 0 saturated carbocycles. The standard InChI is InChI=1S/C30H35N3O3/c1-6-31-17-18-35-29-20-26-25(19-28(29)34-5)27(15-16-32-26)36-24-13-11-23(12-14-24)33-22-9-7-21(8-10-22)30(2,3)4/h7-16,19-20,31,33H,6,17-18H2,1-5H3. The molecule has 6 nitrogen and oxygen atoms in total. The minimum atomic E-state index is 0.138. The number of aromatic nitrogens is 1. The fourth-order valence-corrected chi connectivity index (χ4v) is 3.85. The molecular weight excluding hydrogens is 450 g/mol. The van der Waals surface area contributed by atoms with Crippen molar-refractivity contribution in [3.8, 4) is 23.0 Å². The molecule has 0 bridgehead atoms. The third-order valence-corrected chi connectivity index (χ3v) is 5.90. The molecule has 0 aliphatic heterocycles. The minimum Gasteiger partial charge on any atom is -0.493 e. The highest BCUT2D eigenvalue weighted by atomic mass is 16.5. The Hall–Kier alpha value is -3.77. The molecule has 0 aliphatic carbocycles. The van der Waals surface area contributed by atoms with Gasteiger partial charge in [-0.25, -0.2) is 0 Å². The summed E-state index contributed by atoms with van der Waals surface area (Å²) < 4.78 is 17.7. The summed E-state index contributed by atoms with van der Waals surface area (Å²) in [5.41, 5.74) is 4.27. The van der Waals surface area contributed by atoms with E-state index in [0.717, 1.165) is 41.1 Å². The number of fused-ring (bicyclic) bond motifs is 1. The van der Waals surface area contributed by atoms with Crippen molar-refractivity contribution in [3.05, 3.63) is 78.5 Å². The van der Waals surface area contributed by atoms with Gasteiger partial charge in [0.1, 0.15) is 18.1 Å². The number of benzene rings is 3. The highest BCUT2D eigenvalue weighted by Crippen LogP contribution is 2.37. The van der Waals surface area contributed by atoms with Crippen LogP contribution in [-0.4, -0.2) is 31.8 Å². The topological polar surface area (TPSA) is 64.6 Å². The van der Waals surface area contributed by atoms with Gasteiger partial charge in [-0.2, -0.15) is 0 Å². The van der Waals surface area contributed by atoms with Crippen molar-refractivity contribution in [2.75, 3.05) is 32.1 Å². The number of nitrogens with one attached hydrogen (secondary N) is 2. The molecule has 4 aromatic rings. The lowest BCUT2D eigenvalue weighted by molar-refractivity contribution is 0.294. The largest absolute Gasteiger partial charge is 0.493 e. The number of ether oxygens (including phenoxy) is 3. The van der Waals surface area contributed by atoms with E-state index in [1.165, 1.54) is 5.56 Å². The monoisotopic (exact) mass is 485 g/mol. The Labute approximate surface area is 213 Å². The average molecular weight is 486 g/mol. The van der Waals surface area contributed by atoms with Crippen molar-refractivity contribution in [2.45, 2.75) is 33.1 Å². The van der Waals surface area contributed by atoms with E-state index in [1.54, 1.807) is 13.3 Å². The zero-order valence-electron chi connectivity index (χ0n) is 21.7. The number of pyridine rings is 1. The normalized spacial score (nSPS) is 11.4. The van der Waals surface area contributed by atoms with Crippen molar-refractivity contribution in [3.63, 3.8) is 0 Å². The molecule has 1 aromatic heterocycles. The zero-order chi connectivity index (χ0) is 25.5. The number of likely N-dealkylation sites (N-methyl/N-ethyl adjacent to an activating group) is 1. The van der Waals surface area contributed by atoms with Crippen LogP contribution in [0.5, 0.6) is 23.0 Å². The maximum atomic E-state index is 6.23. The average Bonchev–Trinajstić information content (AvgIpc) is 2.87. The summed E-state index contributed by atoms with van der Waals surface area (Å²) in [6, 6.07) is 22.1. The molecule has 0 unspecified atom stereocenters. The van der Waals surface area contributed by atoms with Crippen LogP contribution in [0.3, 0.4) is 0 Å².